The highest BCUT2D eigenvalue weighted by molar-refractivity contribution is 5.69. The van der Waals surface area contributed by atoms with Crippen molar-refractivity contribution in [2.45, 2.75) is 26.2 Å². The van der Waals surface area contributed by atoms with Crippen molar-refractivity contribution in [2.24, 2.45) is 5.92 Å². The van der Waals surface area contributed by atoms with Crippen molar-refractivity contribution in [3.63, 3.8) is 0 Å². The average Bonchev–Trinajstić information content (AvgIpc) is 2.15. The predicted molar refractivity (Wildman–Crippen MR) is 47.1 cm³/mol. The summed E-state index contributed by atoms with van der Waals surface area (Å²) in [6.45, 7) is 4.36. The van der Waals surface area contributed by atoms with Gasteiger partial charge >= 0.3 is 5.97 Å². The number of carboxylic acid groups (broad SMARTS) is 1. The number of aliphatic carboxylic acids is 1. The third-order valence-electron chi connectivity index (χ3n) is 2.47. The second-order valence-corrected chi connectivity index (χ2v) is 3.71. The normalized spacial score (nSPS) is 26.6. The topological polar surface area (TPSA) is 40.5 Å². The van der Waals surface area contributed by atoms with Gasteiger partial charge in [0.15, 0.2) is 0 Å². The van der Waals surface area contributed by atoms with E-state index >= 15 is 0 Å². The van der Waals surface area contributed by atoms with Gasteiger partial charge in [-0.1, -0.05) is 6.92 Å². The number of likely N-dealkylation sites (tertiary alicyclic amines) is 1. The average molecular weight is 171 g/mol. The first-order valence-corrected chi connectivity index (χ1v) is 4.62. The Labute approximate surface area is 73.4 Å². The number of hydrogen-bond donors (Lipinski definition) is 1. The molecular formula is C9H17NO2. The molecule has 0 bridgehead atoms. The number of rotatable bonds is 2. The lowest BCUT2D eigenvalue weighted by atomic mass is 10.0. The van der Waals surface area contributed by atoms with Gasteiger partial charge in [-0.3, -0.25) is 9.69 Å². The maximum absolute atomic E-state index is 10.4. The molecule has 0 amide bonds. The second-order valence-electron chi connectivity index (χ2n) is 3.71. The molecule has 0 aliphatic carbocycles. The SMILES string of the molecule is CC1CCCN(CC(=O)O)CC1. The third-order valence-corrected chi connectivity index (χ3v) is 2.47. The van der Waals surface area contributed by atoms with Crippen molar-refractivity contribution in [3.05, 3.63) is 0 Å². The van der Waals surface area contributed by atoms with Crippen LogP contribution in [-0.4, -0.2) is 35.6 Å². The van der Waals surface area contributed by atoms with E-state index in [1.807, 2.05) is 4.90 Å². The zero-order valence-corrected chi connectivity index (χ0v) is 7.62. The summed E-state index contributed by atoms with van der Waals surface area (Å²) in [4.78, 5) is 12.5. The smallest absolute Gasteiger partial charge is 0.317 e. The van der Waals surface area contributed by atoms with Crippen molar-refractivity contribution in [1.29, 1.82) is 0 Å². The van der Waals surface area contributed by atoms with Crippen LogP contribution in [0, 0.1) is 5.92 Å². The molecule has 3 nitrogen and oxygen atoms in total. The molecule has 1 rings (SSSR count). The molecule has 1 heterocycles. The monoisotopic (exact) mass is 171 g/mol. The predicted octanol–water partition coefficient (Wildman–Crippen LogP) is 1.19. The summed E-state index contributed by atoms with van der Waals surface area (Å²) in [6, 6.07) is 0. The fourth-order valence-electron chi connectivity index (χ4n) is 1.67. The van der Waals surface area contributed by atoms with E-state index in [9.17, 15) is 4.79 Å². The molecule has 3 heteroatoms. The highest BCUT2D eigenvalue weighted by Crippen LogP contribution is 2.15. The van der Waals surface area contributed by atoms with Crippen LogP contribution in [0.15, 0.2) is 0 Å². The molecule has 0 aromatic heterocycles. The van der Waals surface area contributed by atoms with E-state index < -0.39 is 5.97 Å². The van der Waals surface area contributed by atoms with Crippen LogP contribution in [0.25, 0.3) is 0 Å². The Morgan fingerprint density at radius 2 is 2.25 bits per heavy atom. The molecular weight excluding hydrogens is 154 g/mol. The first-order valence-electron chi connectivity index (χ1n) is 4.62. The van der Waals surface area contributed by atoms with Gasteiger partial charge in [-0.25, -0.2) is 0 Å². The van der Waals surface area contributed by atoms with Gasteiger partial charge in [0, 0.05) is 0 Å². The molecule has 0 radical (unpaired) electrons. The molecule has 12 heavy (non-hydrogen) atoms. The maximum atomic E-state index is 10.4. The van der Waals surface area contributed by atoms with E-state index in [0.29, 0.717) is 0 Å². The van der Waals surface area contributed by atoms with Crippen LogP contribution in [0.2, 0.25) is 0 Å². The molecule has 1 aliphatic heterocycles. The van der Waals surface area contributed by atoms with Gasteiger partial charge in [-0.15, -0.1) is 0 Å². The summed E-state index contributed by atoms with van der Waals surface area (Å²) < 4.78 is 0. The molecule has 70 valence electrons. The van der Waals surface area contributed by atoms with Crippen molar-refractivity contribution in [3.8, 4) is 0 Å². The lowest BCUT2D eigenvalue weighted by Gasteiger charge is -2.16. The highest BCUT2D eigenvalue weighted by atomic mass is 16.4. The minimum atomic E-state index is -0.704. The minimum Gasteiger partial charge on any atom is -0.480 e. The van der Waals surface area contributed by atoms with Crippen LogP contribution in [0.4, 0.5) is 0 Å². The van der Waals surface area contributed by atoms with Gasteiger partial charge in [0.1, 0.15) is 0 Å². The largest absolute Gasteiger partial charge is 0.480 e. The number of carboxylic acids is 1. The van der Waals surface area contributed by atoms with Crippen LogP contribution in [0.5, 0.6) is 0 Å². The number of nitrogens with zero attached hydrogens (tertiary/aromatic N) is 1. The van der Waals surface area contributed by atoms with E-state index in [1.54, 1.807) is 0 Å². The standard InChI is InChI=1S/C9H17NO2/c1-8-3-2-5-10(6-4-8)7-9(11)12/h8H,2-7H2,1H3,(H,11,12). The summed E-state index contributed by atoms with van der Waals surface area (Å²) in [5.74, 6) is 0.0633. The number of hydrogen-bond acceptors (Lipinski definition) is 2. The van der Waals surface area contributed by atoms with E-state index in [2.05, 4.69) is 6.92 Å². The minimum absolute atomic E-state index is 0.215. The summed E-state index contributed by atoms with van der Waals surface area (Å²) >= 11 is 0. The Bertz CT molecular complexity index is 159. The molecule has 1 unspecified atom stereocenters. The zero-order chi connectivity index (χ0) is 8.97. The van der Waals surface area contributed by atoms with E-state index in [0.717, 1.165) is 31.8 Å². The molecule has 0 aromatic rings. The summed E-state index contributed by atoms with van der Waals surface area (Å²) in [6.07, 6.45) is 3.54. The second kappa shape index (κ2) is 4.45. The van der Waals surface area contributed by atoms with Crippen molar-refractivity contribution >= 4 is 5.97 Å². The molecule has 1 atom stereocenters. The van der Waals surface area contributed by atoms with Crippen LogP contribution >= 0.6 is 0 Å². The van der Waals surface area contributed by atoms with Gasteiger partial charge in [-0.05, 0) is 38.3 Å². The van der Waals surface area contributed by atoms with E-state index in [-0.39, 0.29) is 6.54 Å². The van der Waals surface area contributed by atoms with E-state index in [4.69, 9.17) is 5.11 Å². The highest BCUT2D eigenvalue weighted by Gasteiger charge is 2.15. The molecule has 0 saturated carbocycles. The quantitative estimate of drug-likeness (QED) is 0.678. The fraction of sp³-hybridized carbons (Fsp3) is 0.889. The van der Waals surface area contributed by atoms with Gasteiger partial charge in [0.2, 0.25) is 0 Å². The van der Waals surface area contributed by atoms with Gasteiger partial charge in [0.05, 0.1) is 6.54 Å². The van der Waals surface area contributed by atoms with Crippen LogP contribution in [0.3, 0.4) is 0 Å². The summed E-state index contributed by atoms with van der Waals surface area (Å²) in [5, 5.41) is 8.58. The molecule has 1 N–H and O–H groups in total. The van der Waals surface area contributed by atoms with Crippen LogP contribution in [-0.2, 0) is 4.79 Å². The summed E-state index contributed by atoms with van der Waals surface area (Å²) in [7, 11) is 0. The van der Waals surface area contributed by atoms with E-state index in [1.165, 1.54) is 6.42 Å². The lowest BCUT2D eigenvalue weighted by Crippen LogP contribution is -2.30. The molecule has 1 fully saturated rings. The Balaban J connectivity index is 2.30. The Morgan fingerprint density at radius 1 is 1.50 bits per heavy atom. The Hall–Kier alpha value is -0.570. The summed E-state index contributed by atoms with van der Waals surface area (Å²) in [5.41, 5.74) is 0. The van der Waals surface area contributed by atoms with Crippen LogP contribution < -0.4 is 0 Å². The fourth-order valence-corrected chi connectivity index (χ4v) is 1.67. The molecule has 0 aromatic carbocycles. The number of carbonyl (C=O) groups is 1. The molecule has 0 spiro atoms. The molecule has 1 saturated heterocycles. The van der Waals surface area contributed by atoms with Crippen LogP contribution in [0.1, 0.15) is 26.2 Å². The maximum Gasteiger partial charge on any atom is 0.317 e. The third kappa shape index (κ3) is 3.22. The van der Waals surface area contributed by atoms with Crippen molar-refractivity contribution in [1.82, 2.24) is 4.90 Å². The first kappa shape index (κ1) is 9.52. The van der Waals surface area contributed by atoms with Crippen molar-refractivity contribution < 1.29 is 9.90 Å². The van der Waals surface area contributed by atoms with Crippen molar-refractivity contribution in [2.75, 3.05) is 19.6 Å². The van der Waals surface area contributed by atoms with Gasteiger partial charge < -0.3 is 5.11 Å². The molecule has 1 aliphatic rings. The lowest BCUT2D eigenvalue weighted by molar-refractivity contribution is -0.138. The van der Waals surface area contributed by atoms with Gasteiger partial charge in [-0.2, -0.15) is 0 Å². The first-order chi connectivity index (χ1) is 5.68. The Morgan fingerprint density at radius 3 is 2.92 bits per heavy atom. The zero-order valence-electron chi connectivity index (χ0n) is 7.62. The Kier molecular flexibility index (Phi) is 3.53. The van der Waals surface area contributed by atoms with Gasteiger partial charge in [0.25, 0.3) is 0 Å².